The van der Waals surface area contributed by atoms with Crippen molar-refractivity contribution in [1.82, 2.24) is 4.90 Å². The van der Waals surface area contributed by atoms with Crippen LogP contribution in [0.25, 0.3) is 43.1 Å². The van der Waals surface area contributed by atoms with Crippen LogP contribution >= 0.6 is 7.92 Å². The normalized spacial score (nSPS) is 15.8. The standard InChI is InChI=1S/C52H45N2O5P/c1-6-52(4,5)59-30-29-51(2,3)54-49(57)41-27-23-37-35-21-25-39-45-40(26-22-36(43(35)45)38-24-28-42(50(54)58)46(41)44(37)38)48(56)53(47(39)55)31-17-19-34(20-18-31)60(32-13-9-7-10-14-32)33-15-11-8-12-16-33/h7-28,47,55H,6,29-30H2,1-5H3. The van der Waals surface area contributed by atoms with Crippen molar-refractivity contribution in [1.29, 1.82) is 0 Å². The largest absolute Gasteiger partial charge is 0.375 e. The van der Waals surface area contributed by atoms with Crippen molar-refractivity contribution in [2.45, 2.75) is 64.8 Å². The molecule has 1 unspecified atom stereocenters. The second-order valence-corrected chi connectivity index (χ2v) is 19.4. The first-order valence-corrected chi connectivity index (χ1v) is 22.0. The second kappa shape index (κ2) is 14.1. The Morgan fingerprint density at radius 2 is 1.03 bits per heavy atom. The van der Waals surface area contributed by atoms with E-state index in [1.54, 1.807) is 0 Å². The van der Waals surface area contributed by atoms with Gasteiger partial charge in [-0.1, -0.05) is 110 Å². The number of aliphatic hydroxyl groups is 1. The third kappa shape index (κ3) is 5.78. The van der Waals surface area contributed by atoms with Crippen LogP contribution in [0, 0.1) is 0 Å². The summed E-state index contributed by atoms with van der Waals surface area (Å²) in [5.74, 6) is -0.908. The summed E-state index contributed by atoms with van der Waals surface area (Å²) in [6, 6.07) is 44.3. The van der Waals surface area contributed by atoms with Crippen LogP contribution in [0.3, 0.4) is 0 Å². The molecule has 0 saturated heterocycles. The predicted octanol–water partition coefficient (Wildman–Crippen LogP) is 10.1. The van der Waals surface area contributed by atoms with E-state index in [9.17, 15) is 19.5 Å². The maximum atomic E-state index is 14.6. The predicted molar refractivity (Wildman–Crippen MR) is 244 cm³/mol. The van der Waals surface area contributed by atoms with Crippen molar-refractivity contribution in [3.63, 3.8) is 0 Å². The highest BCUT2D eigenvalue weighted by molar-refractivity contribution is 7.79. The van der Waals surface area contributed by atoms with Crippen LogP contribution in [0.4, 0.5) is 5.69 Å². The maximum Gasteiger partial charge on any atom is 0.261 e. The van der Waals surface area contributed by atoms with Crippen LogP contribution < -0.4 is 20.8 Å². The van der Waals surface area contributed by atoms with Gasteiger partial charge in [-0.15, -0.1) is 0 Å². The number of ether oxygens (including phenoxy) is 1. The van der Waals surface area contributed by atoms with E-state index in [2.05, 4.69) is 67.6 Å². The van der Waals surface area contributed by atoms with Gasteiger partial charge in [0.25, 0.3) is 17.7 Å². The molecule has 8 aromatic rings. The van der Waals surface area contributed by atoms with Crippen LogP contribution in [0.2, 0.25) is 0 Å². The van der Waals surface area contributed by atoms with Crippen molar-refractivity contribution in [3.05, 3.63) is 156 Å². The SMILES string of the molecule is CCC(C)(C)OCCC(C)(C)N1C(=O)c2ccc3c4ccc5c6c(ccc(c7ccc(c2c37)C1=O)c64)C(O)N(c1ccc(P(c2ccccc2)c2ccccc2)cc1)C5=O. The van der Waals surface area contributed by atoms with Crippen molar-refractivity contribution < 1.29 is 24.2 Å². The topological polar surface area (TPSA) is 87.2 Å². The summed E-state index contributed by atoms with van der Waals surface area (Å²) in [6.07, 6.45) is 0.134. The molecule has 2 heterocycles. The molecule has 8 heteroatoms. The first-order chi connectivity index (χ1) is 28.9. The average Bonchev–Trinajstić information content (AvgIpc) is 3.25. The van der Waals surface area contributed by atoms with E-state index in [0.717, 1.165) is 49.4 Å². The smallest absolute Gasteiger partial charge is 0.261 e. The number of anilines is 1. The number of rotatable bonds is 10. The lowest BCUT2D eigenvalue weighted by Crippen LogP contribution is -2.53. The van der Waals surface area contributed by atoms with E-state index in [4.69, 9.17) is 4.74 Å². The zero-order valence-electron chi connectivity index (χ0n) is 34.3. The number of carbonyl (C=O) groups excluding carboxylic acids is 3. The first kappa shape index (κ1) is 38.2. The van der Waals surface area contributed by atoms with Crippen molar-refractivity contribution in [3.8, 4) is 0 Å². The summed E-state index contributed by atoms with van der Waals surface area (Å²) in [6.45, 7) is 10.4. The Bertz CT molecular complexity index is 2920. The van der Waals surface area contributed by atoms with Gasteiger partial charge in [-0.2, -0.15) is 0 Å². The van der Waals surface area contributed by atoms with Gasteiger partial charge in [0.2, 0.25) is 0 Å². The number of carbonyl (C=O) groups is 3. The van der Waals surface area contributed by atoms with Crippen molar-refractivity contribution in [2.24, 2.45) is 0 Å². The lowest BCUT2D eigenvalue weighted by Gasteiger charge is -2.40. The second-order valence-electron chi connectivity index (χ2n) is 17.2. The number of aliphatic hydroxyl groups excluding tert-OH is 1. The van der Waals surface area contributed by atoms with Crippen molar-refractivity contribution in [2.75, 3.05) is 11.5 Å². The molecule has 7 nitrogen and oxygen atoms in total. The fourth-order valence-electron chi connectivity index (χ4n) is 9.34. The molecule has 8 aromatic carbocycles. The van der Waals surface area contributed by atoms with Crippen LogP contribution in [-0.2, 0) is 4.74 Å². The minimum atomic E-state index is -1.22. The Balaban J connectivity index is 1.04. The molecule has 298 valence electrons. The van der Waals surface area contributed by atoms with Gasteiger partial charge in [0.1, 0.15) is 0 Å². The molecule has 0 radical (unpaired) electrons. The molecule has 0 bridgehead atoms. The van der Waals surface area contributed by atoms with E-state index in [1.807, 2.05) is 100 Å². The third-order valence-electron chi connectivity index (χ3n) is 12.9. The molecule has 0 saturated carbocycles. The van der Waals surface area contributed by atoms with E-state index < -0.39 is 19.7 Å². The van der Waals surface area contributed by atoms with Gasteiger partial charge in [-0.25, -0.2) is 0 Å². The number of hydrogen-bond donors (Lipinski definition) is 1. The molecule has 0 spiro atoms. The number of benzene rings is 8. The molecule has 2 aliphatic rings. The Morgan fingerprint density at radius 3 is 1.55 bits per heavy atom. The average molecular weight is 809 g/mol. The zero-order valence-corrected chi connectivity index (χ0v) is 35.2. The van der Waals surface area contributed by atoms with Crippen LogP contribution in [0.1, 0.15) is 90.3 Å². The summed E-state index contributed by atoms with van der Waals surface area (Å²) in [5.41, 5.74) is 1.68. The fraction of sp³-hybridized carbons (Fsp3) is 0.212. The summed E-state index contributed by atoms with van der Waals surface area (Å²) >= 11 is 0. The third-order valence-corrected chi connectivity index (χ3v) is 15.3. The number of amides is 3. The molecule has 1 atom stereocenters. The van der Waals surface area contributed by atoms with Gasteiger partial charge in [-0.05, 0) is 127 Å². The van der Waals surface area contributed by atoms with E-state index in [-0.39, 0.29) is 23.3 Å². The quantitative estimate of drug-likeness (QED) is 0.0644. The Morgan fingerprint density at radius 1 is 0.567 bits per heavy atom. The van der Waals surface area contributed by atoms with Gasteiger partial charge in [0.05, 0.1) is 5.60 Å². The van der Waals surface area contributed by atoms with Gasteiger partial charge in [0, 0.05) is 50.9 Å². The Hall–Kier alpha value is -5.98. The minimum Gasteiger partial charge on any atom is -0.375 e. The molecular weight excluding hydrogens is 764 g/mol. The zero-order chi connectivity index (χ0) is 41.7. The highest BCUT2D eigenvalue weighted by atomic mass is 31.1. The molecule has 60 heavy (non-hydrogen) atoms. The molecule has 3 amide bonds. The number of imide groups is 1. The highest BCUT2D eigenvalue weighted by Crippen LogP contribution is 2.49. The summed E-state index contributed by atoms with van der Waals surface area (Å²) in [4.78, 5) is 46.2. The molecule has 1 N–H and O–H groups in total. The van der Waals surface area contributed by atoms with Crippen LogP contribution in [0.5, 0.6) is 0 Å². The maximum absolute atomic E-state index is 14.6. The van der Waals surface area contributed by atoms with Gasteiger partial charge >= 0.3 is 0 Å². The summed E-state index contributed by atoms with van der Waals surface area (Å²) in [5, 5.41) is 22.4. The number of fused-ring (bicyclic) bond motifs is 2. The number of nitrogens with zero attached hydrogens (tertiary/aromatic N) is 2. The van der Waals surface area contributed by atoms with Gasteiger partial charge in [-0.3, -0.25) is 24.2 Å². The molecule has 2 aliphatic heterocycles. The molecule has 10 rings (SSSR count). The minimum absolute atomic E-state index is 0.279. The van der Waals surface area contributed by atoms with Crippen LogP contribution in [-0.4, -0.2) is 45.5 Å². The summed E-state index contributed by atoms with van der Waals surface area (Å²) < 4.78 is 6.14. The van der Waals surface area contributed by atoms with Crippen LogP contribution in [0.15, 0.2) is 133 Å². The molecule has 0 aliphatic carbocycles. The van der Waals surface area contributed by atoms with E-state index in [0.29, 0.717) is 46.4 Å². The van der Waals surface area contributed by atoms with Crippen molar-refractivity contribution >= 4 is 90.3 Å². The highest BCUT2D eigenvalue weighted by Gasteiger charge is 2.43. The van der Waals surface area contributed by atoms with Gasteiger partial charge in [0.15, 0.2) is 6.23 Å². The molecule has 0 fully saturated rings. The van der Waals surface area contributed by atoms with E-state index >= 15 is 0 Å². The van der Waals surface area contributed by atoms with E-state index in [1.165, 1.54) is 20.4 Å². The fourth-order valence-corrected chi connectivity index (χ4v) is 11.6. The lowest BCUT2D eigenvalue weighted by atomic mass is 9.81. The van der Waals surface area contributed by atoms with Gasteiger partial charge < -0.3 is 9.84 Å². The molecular formula is C52H45N2O5P. The monoisotopic (exact) mass is 808 g/mol. The lowest BCUT2D eigenvalue weighted by molar-refractivity contribution is -0.0338. The first-order valence-electron chi connectivity index (χ1n) is 20.6. The molecule has 0 aromatic heterocycles. The Kier molecular flexibility index (Phi) is 8.96. The summed E-state index contributed by atoms with van der Waals surface area (Å²) in [7, 11) is -0.837. The Labute approximate surface area is 350 Å². The number of hydrogen-bond acceptors (Lipinski definition) is 5.